The van der Waals surface area contributed by atoms with Crippen molar-refractivity contribution in [1.82, 2.24) is 9.78 Å². The van der Waals surface area contributed by atoms with Crippen LogP contribution in [0.2, 0.25) is 0 Å². The van der Waals surface area contributed by atoms with Crippen molar-refractivity contribution in [2.45, 2.75) is 13.2 Å². The number of para-hydroxylation sites is 1. The Morgan fingerprint density at radius 2 is 1.83 bits per heavy atom. The predicted octanol–water partition coefficient (Wildman–Crippen LogP) is 2.77. The summed E-state index contributed by atoms with van der Waals surface area (Å²) >= 11 is 0. The van der Waals surface area contributed by atoms with Gasteiger partial charge in [-0.15, -0.1) is 0 Å². The Morgan fingerprint density at radius 1 is 1.09 bits per heavy atom. The van der Waals surface area contributed by atoms with E-state index in [2.05, 4.69) is 22.0 Å². The molecule has 0 amide bonds. The van der Waals surface area contributed by atoms with Gasteiger partial charge in [0.2, 0.25) is 0 Å². The van der Waals surface area contributed by atoms with Crippen molar-refractivity contribution >= 4 is 16.9 Å². The molecule has 0 bridgehead atoms. The van der Waals surface area contributed by atoms with Crippen LogP contribution in [0, 0.1) is 0 Å². The third-order valence-corrected chi connectivity index (χ3v) is 3.60. The van der Waals surface area contributed by atoms with E-state index in [1.165, 1.54) is 12.7 Å². The van der Waals surface area contributed by atoms with Crippen molar-refractivity contribution < 1.29 is 14.3 Å². The van der Waals surface area contributed by atoms with Crippen LogP contribution >= 0.6 is 0 Å². The molecule has 5 heteroatoms. The van der Waals surface area contributed by atoms with Crippen molar-refractivity contribution in [3.8, 4) is 0 Å². The van der Waals surface area contributed by atoms with E-state index in [0.717, 1.165) is 16.6 Å². The quantitative estimate of drug-likeness (QED) is 0.657. The molecule has 0 saturated heterocycles. The summed E-state index contributed by atoms with van der Waals surface area (Å²) in [6, 6.07) is 18.2. The Morgan fingerprint density at radius 3 is 2.61 bits per heavy atom. The van der Waals surface area contributed by atoms with Crippen LogP contribution in [-0.2, 0) is 27.4 Å². The first kappa shape index (κ1) is 15.2. The molecule has 0 fully saturated rings. The van der Waals surface area contributed by atoms with Gasteiger partial charge in [-0.25, -0.2) is 4.79 Å². The lowest BCUT2D eigenvalue weighted by molar-refractivity contribution is -0.146. The number of esters is 1. The van der Waals surface area contributed by atoms with Crippen LogP contribution in [0.25, 0.3) is 10.9 Å². The molecule has 0 aliphatic rings. The molecule has 118 valence electrons. The fourth-order valence-corrected chi connectivity index (χ4v) is 2.47. The van der Waals surface area contributed by atoms with Gasteiger partial charge in [-0.05, 0) is 11.6 Å². The highest BCUT2D eigenvalue weighted by molar-refractivity contribution is 5.82. The molecule has 0 atom stereocenters. The van der Waals surface area contributed by atoms with Crippen molar-refractivity contribution in [2.24, 2.45) is 0 Å². The molecule has 2 aromatic carbocycles. The normalized spacial score (nSPS) is 10.8. The molecule has 3 aromatic rings. The van der Waals surface area contributed by atoms with E-state index in [-0.39, 0.29) is 13.2 Å². The minimum atomic E-state index is -0.391. The molecule has 0 N–H and O–H groups in total. The number of hydrogen-bond donors (Lipinski definition) is 0. The van der Waals surface area contributed by atoms with Gasteiger partial charge in [0.15, 0.2) is 0 Å². The molecule has 0 aliphatic carbocycles. The van der Waals surface area contributed by atoms with Gasteiger partial charge in [0, 0.05) is 5.39 Å². The summed E-state index contributed by atoms with van der Waals surface area (Å²) in [5, 5.41) is 5.68. The number of nitrogens with zero attached hydrogens (tertiary/aromatic N) is 2. The molecule has 0 saturated carbocycles. The fraction of sp³-hybridized carbons (Fsp3) is 0.222. The average molecular weight is 310 g/mol. The summed E-state index contributed by atoms with van der Waals surface area (Å²) < 4.78 is 11.9. The molecule has 3 rings (SSSR count). The maximum absolute atomic E-state index is 11.1. The lowest BCUT2D eigenvalue weighted by Gasteiger charge is -2.03. The standard InChI is InChI=1S/C18H18N2O3/c1-22-18(21)13-23-12-16-15-9-5-6-10-17(15)20(19-16)11-14-7-3-2-4-8-14/h2-10H,11-13H2,1H3. The summed E-state index contributed by atoms with van der Waals surface area (Å²) in [7, 11) is 1.34. The summed E-state index contributed by atoms with van der Waals surface area (Å²) in [4.78, 5) is 11.1. The van der Waals surface area contributed by atoms with Crippen molar-refractivity contribution in [3.05, 3.63) is 65.9 Å². The minimum Gasteiger partial charge on any atom is -0.467 e. The first-order chi connectivity index (χ1) is 11.3. The summed E-state index contributed by atoms with van der Waals surface area (Å²) in [5.41, 5.74) is 3.05. The SMILES string of the molecule is COC(=O)COCc1nn(Cc2ccccc2)c2ccccc12. The van der Waals surface area contributed by atoms with E-state index in [4.69, 9.17) is 4.74 Å². The Hall–Kier alpha value is -2.66. The third-order valence-electron chi connectivity index (χ3n) is 3.60. The molecule has 1 aromatic heterocycles. The van der Waals surface area contributed by atoms with Crippen LogP contribution < -0.4 is 0 Å². The second-order valence-electron chi connectivity index (χ2n) is 5.18. The Labute approximate surface area is 134 Å². The number of rotatable bonds is 6. The first-order valence-corrected chi connectivity index (χ1v) is 7.41. The van der Waals surface area contributed by atoms with E-state index in [0.29, 0.717) is 6.54 Å². The highest BCUT2D eigenvalue weighted by atomic mass is 16.6. The van der Waals surface area contributed by atoms with Crippen LogP contribution in [0.1, 0.15) is 11.3 Å². The zero-order chi connectivity index (χ0) is 16.1. The van der Waals surface area contributed by atoms with Gasteiger partial charge in [0.1, 0.15) is 6.61 Å². The number of aromatic nitrogens is 2. The van der Waals surface area contributed by atoms with Gasteiger partial charge in [0.25, 0.3) is 0 Å². The molecule has 23 heavy (non-hydrogen) atoms. The highest BCUT2D eigenvalue weighted by Gasteiger charge is 2.11. The average Bonchev–Trinajstić information content (AvgIpc) is 2.94. The maximum Gasteiger partial charge on any atom is 0.331 e. The van der Waals surface area contributed by atoms with Crippen LogP contribution in [-0.4, -0.2) is 29.5 Å². The summed E-state index contributed by atoms with van der Waals surface area (Å²) in [6.07, 6.45) is 0. The van der Waals surface area contributed by atoms with Gasteiger partial charge in [0.05, 0.1) is 31.5 Å². The van der Waals surface area contributed by atoms with E-state index in [1.807, 2.05) is 47.1 Å². The number of fused-ring (bicyclic) bond motifs is 1. The van der Waals surface area contributed by atoms with E-state index in [9.17, 15) is 4.79 Å². The van der Waals surface area contributed by atoms with E-state index < -0.39 is 5.97 Å². The fourth-order valence-electron chi connectivity index (χ4n) is 2.47. The zero-order valence-corrected chi connectivity index (χ0v) is 12.9. The van der Waals surface area contributed by atoms with E-state index >= 15 is 0 Å². The Kier molecular flexibility index (Phi) is 4.68. The van der Waals surface area contributed by atoms with Crippen LogP contribution in [0.15, 0.2) is 54.6 Å². The Balaban J connectivity index is 1.83. The molecule has 0 radical (unpaired) electrons. The second kappa shape index (κ2) is 7.07. The molecule has 0 spiro atoms. The molecular weight excluding hydrogens is 292 g/mol. The van der Waals surface area contributed by atoms with Gasteiger partial charge in [-0.1, -0.05) is 48.5 Å². The monoisotopic (exact) mass is 310 g/mol. The molecular formula is C18H18N2O3. The number of hydrogen-bond acceptors (Lipinski definition) is 4. The lowest BCUT2D eigenvalue weighted by Crippen LogP contribution is -2.10. The van der Waals surface area contributed by atoms with Gasteiger partial charge < -0.3 is 9.47 Å². The second-order valence-corrected chi connectivity index (χ2v) is 5.18. The van der Waals surface area contributed by atoms with Gasteiger partial charge >= 0.3 is 5.97 Å². The number of benzene rings is 2. The maximum atomic E-state index is 11.1. The smallest absolute Gasteiger partial charge is 0.331 e. The van der Waals surface area contributed by atoms with Crippen molar-refractivity contribution in [3.63, 3.8) is 0 Å². The number of ether oxygens (including phenoxy) is 2. The zero-order valence-electron chi connectivity index (χ0n) is 12.9. The van der Waals surface area contributed by atoms with Crippen LogP contribution in [0.5, 0.6) is 0 Å². The molecule has 1 heterocycles. The summed E-state index contributed by atoms with van der Waals surface area (Å²) in [6.45, 7) is 0.895. The number of carbonyl (C=O) groups is 1. The van der Waals surface area contributed by atoms with Crippen molar-refractivity contribution in [1.29, 1.82) is 0 Å². The van der Waals surface area contributed by atoms with Gasteiger partial charge in [-0.3, -0.25) is 4.68 Å². The number of methoxy groups -OCH3 is 1. The lowest BCUT2D eigenvalue weighted by atomic mass is 10.2. The third kappa shape index (κ3) is 3.57. The van der Waals surface area contributed by atoms with Crippen LogP contribution in [0.4, 0.5) is 0 Å². The van der Waals surface area contributed by atoms with Crippen molar-refractivity contribution in [2.75, 3.05) is 13.7 Å². The number of carbonyl (C=O) groups excluding carboxylic acids is 1. The minimum absolute atomic E-state index is 0.0730. The first-order valence-electron chi connectivity index (χ1n) is 7.41. The topological polar surface area (TPSA) is 53.4 Å². The van der Waals surface area contributed by atoms with Gasteiger partial charge in [-0.2, -0.15) is 5.10 Å². The molecule has 5 nitrogen and oxygen atoms in total. The largest absolute Gasteiger partial charge is 0.467 e. The summed E-state index contributed by atoms with van der Waals surface area (Å²) in [5.74, 6) is -0.391. The molecule has 0 aliphatic heterocycles. The van der Waals surface area contributed by atoms with Crippen LogP contribution in [0.3, 0.4) is 0 Å². The highest BCUT2D eigenvalue weighted by Crippen LogP contribution is 2.20. The predicted molar refractivity (Wildman–Crippen MR) is 86.9 cm³/mol. The molecule has 0 unspecified atom stereocenters. The Bertz CT molecular complexity index is 796. The van der Waals surface area contributed by atoms with E-state index in [1.54, 1.807) is 0 Å².